The molecule has 4 heterocycles. The molecule has 334 valence electrons. The highest BCUT2D eigenvalue weighted by Gasteiger charge is 2.21. The summed E-state index contributed by atoms with van der Waals surface area (Å²) < 4.78 is 17.6. The largest absolute Gasteiger partial charge is 0.456 e. The summed E-state index contributed by atoms with van der Waals surface area (Å²) in [6.07, 6.45) is 0. The first-order valence-electron chi connectivity index (χ1n) is 24.3. The summed E-state index contributed by atoms with van der Waals surface area (Å²) >= 11 is 0. The van der Waals surface area contributed by atoms with Gasteiger partial charge in [0.15, 0.2) is 0 Å². The van der Waals surface area contributed by atoms with Crippen LogP contribution >= 0.6 is 0 Å². The molecule has 0 radical (unpaired) electrons. The second kappa shape index (κ2) is 14.9. The lowest BCUT2D eigenvalue weighted by Crippen LogP contribution is -1.95. The maximum absolute atomic E-state index is 6.33. The second-order valence-corrected chi connectivity index (χ2v) is 19.7. The Balaban J connectivity index is 1.01. The fraction of sp³-hybridized carbons (Fsp3) is 0.0909. The number of fused-ring (bicyclic) bond motifs is 12. The number of hydrogen-bond acceptors (Lipinski definition) is 2. The molecule has 0 saturated carbocycles. The molecule has 70 heavy (non-hydrogen) atoms. The Labute approximate surface area is 405 Å². The standard InChI is InChI=1S/C66H48N2O2/c1-37-27-39(3)65(40(4)28-37)45-17-23-57-53(31-45)49-21-15-43(33-59(49)67(57)47-19-25-63-55(35-47)51-11-7-9-13-61(51)69-63)44-16-22-50-54-32-46(66-41(5)29-38(2)30-42(66)6)18-24-58(54)68(60(50)34-44)48-20-26-64-56(36-48)52-12-8-10-14-62(52)70-64/h7-36H,1-6H3. The van der Waals surface area contributed by atoms with Gasteiger partial charge in [-0.2, -0.15) is 0 Å². The van der Waals surface area contributed by atoms with Crippen molar-refractivity contribution in [2.24, 2.45) is 0 Å². The van der Waals surface area contributed by atoms with Crippen molar-refractivity contribution < 1.29 is 8.83 Å². The van der Waals surface area contributed by atoms with Crippen LogP contribution in [-0.2, 0) is 0 Å². The van der Waals surface area contributed by atoms with Gasteiger partial charge in [0.05, 0.1) is 22.1 Å². The van der Waals surface area contributed by atoms with Crippen LogP contribution in [0.2, 0.25) is 0 Å². The molecule has 0 unspecified atom stereocenters. The SMILES string of the molecule is Cc1cc(C)c(-c2ccc3c(c2)c2ccc(-c4ccc5c6cc(-c7c(C)cc(C)cc7C)ccc6n(-c6ccc7oc8ccccc8c7c6)c5c4)cc2n3-c2ccc3oc4ccccc4c3c2)c(C)c1. The monoisotopic (exact) mass is 900 g/mol. The van der Waals surface area contributed by atoms with E-state index < -0.39 is 0 Å². The Morgan fingerprint density at radius 3 is 1.09 bits per heavy atom. The van der Waals surface area contributed by atoms with Crippen molar-refractivity contribution in [1.29, 1.82) is 0 Å². The highest BCUT2D eigenvalue weighted by atomic mass is 16.3. The lowest BCUT2D eigenvalue weighted by atomic mass is 9.93. The van der Waals surface area contributed by atoms with E-state index in [0.717, 1.165) is 88.4 Å². The van der Waals surface area contributed by atoms with Crippen LogP contribution < -0.4 is 0 Å². The molecule has 14 aromatic rings. The molecule has 4 aromatic heterocycles. The molecule has 4 nitrogen and oxygen atoms in total. The fourth-order valence-corrected chi connectivity index (χ4v) is 12.2. The molecule has 10 aromatic carbocycles. The molecule has 14 rings (SSSR count). The third-order valence-corrected chi connectivity index (χ3v) is 15.0. The Bertz CT molecular complexity index is 4210. The van der Waals surface area contributed by atoms with Gasteiger partial charge in [0.1, 0.15) is 22.3 Å². The molecule has 0 aliphatic rings. The summed E-state index contributed by atoms with van der Waals surface area (Å²) in [5.74, 6) is 0. The Morgan fingerprint density at radius 2 is 0.657 bits per heavy atom. The average Bonchev–Trinajstić information content (AvgIpc) is 4.10. The van der Waals surface area contributed by atoms with E-state index in [1.807, 2.05) is 12.1 Å². The van der Waals surface area contributed by atoms with Gasteiger partial charge in [0.2, 0.25) is 0 Å². The molecule has 0 amide bonds. The van der Waals surface area contributed by atoms with Crippen LogP contribution in [-0.4, -0.2) is 9.13 Å². The molecular formula is C66H48N2O2. The van der Waals surface area contributed by atoms with Gasteiger partial charge in [-0.3, -0.25) is 0 Å². The van der Waals surface area contributed by atoms with Crippen molar-refractivity contribution in [2.45, 2.75) is 41.5 Å². The quantitative estimate of drug-likeness (QED) is 0.173. The van der Waals surface area contributed by atoms with Gasteiger partial charge < -0.3 is 18.0 Å². The van der Waals surface area contributed by atoms with Crippen LogP contribution in [0.25, 0.3) is 132 Å². The number of benzene rings is 10. The molecule has 0 aliphatic heterocycles. The van der Waals surface area contributed by atoms with E-state index in [1.54, 1.807) is 0 Å². The number of rotatable bonds is 5. The molecule has 4 heteroatoms. The van der Waals surface area contributed by atoms with Crippen LogP contribution in [0.5, 0.6) is 0 Å². The Kier molecular flexibility index (Phi) is 8.64. The zero-order chi connectivity index (χ0) is 47.1. The molecule has 0 spiro atoms. The first kappa shape index (κ1) is 40.5. The van der Waals surface area contributed by atoms with Crippen molar-refractivity contribution >= 4 is 87.5 Å². The molecule has 0 atom stereocenters. The van der Waals surface area contributed by atoms with Crippen LogP contribution in [0.4, 0.5) is 0 Å². The van der Waals surface area contributed by atoms with Crippen molar-refractivity contribution in [2.75, 3.05) is 0 Å². The van der Waals surface area contributed by atoms with Crippen molar-refractivity contribution in [3.63, 3.8) is 0 Å². The minimum absolute atomic E-state index is 0.888. The third-order valence-electron chi connectivity index (χ3n) is 15.0. The minimum atomic E-state index is 0.888. The van der Waals surface area contributed by atoms with E-state index in [-0.39, 0.29) is 0 Å². The lowest BCUT2D eigenvalue weighted by molar-refractivity contribution is 0.668. The zero-order valence-corrected chi connectivity index (χ0v) is 40.0. The predicted octanol–water partition coefficient (Wildman–Crippen LogP) is 18.5. The number of aromatic nitrogens is 2. The van der Waals surface area contributed by atoms with Crippen LogP contribution in [0.3, 0.4) is 0 Å². The van der Waals surface area contributed by atoms with Gasteiger partial charge in [-0.15, -0.1) is 0 Å². The third kappa shape index (κ3) is 6.02. The van der Waals surface area contributed by atoms with Gasteiger partial charge in [-0.05, 0) is 182 Å². The summed E-state index contributed by atoms with van der Waals surface area (Å²) in [4.78, 5) is 0. The van der Waals surface area contributed by atoms with Gasteiger partial charge in [-0.25, -0.2) is 0 Å². The Morgan fingerprint density at radius 1 is 0.271 bits per heavy atom. The van der Waals surface area contributed by atoms with Crippen molar-refractivity contribution in [1.82, 2.24) is 9.13 Å². The number of aryl methyl sites for hydroxylation is 6. The number of nitrogens with zero attached hydrogens (tertiary/aromatic N) is 2. The average molecular weight is 901 g/mol. The molecule has 0 bridgehead atoms. The molecule has 0 saturated heterocycles. The maximum Gasteiger partial charge on any atom is 0.135 e. The summed E-state index contributed by atoms with van der Waals surface area (Å²) in [6, 6.07) is 67.3. The Hall–Kier alpha value is -8.60. The number of para-hydroxylation sites is 2. The van der Waals surface area contributed by atoms with Crippen molar-refractivity contribution in [3.05, 3.63) is 215 Å². The first-order valence-corrected chi connectivity index (χ1v) is 24.3. The van der Waals surface area contributed by atoms with E-state index in [2.05, 4.69) is 221 Å². The summed E-state index contributed by atoms with van der Waals surface area (Å²) in [5, 5.41) is 9.33. The lowest BCUT2D eigenvalue weighted by Gasteiger charge is -2.13. The van der Waals surface area contributed by atoms with Crippen LogP contribution in [0.1, 0.15) is 33.4 Å². The zero-order valence-electron chi connectivity index (χ0n) is 40.0. The maximum atomic E-state index is 6.33. The number of hydrogen-bond donors (Lipinski definition) is 0. The molecule has 0 aliphatic carbocycles. The van der Waals surface area contributed by atoms with Crippen LogP contribution in [0, 0.1) is 41.5 Å². The van der Waals surface area contributed by atoms with E-state index in [0.29, 0.717) is 0 Å². The van der Waals surface area contributed by atoms with Crippen LogP contribution in [0.15, 0.2) is 191 Å². The second-order valence-electron chi connectivity index (χ2n) is 19.7. The fourth-order valence-electron chi connectivity index (χ4n) is 12.2. The highest BCUT2D eigenvalue weighted by Crippen LogP contribution is 2.43. The van der Waals surface area contributed by atoms with Gasteiger partial charge in [0.25, 0.3) is 0 Å². The normalized spacial score (nSPS) is 12.1. The van der Waals surface area contributed by atoms with Gasteiger partial charge in [-0.1, -0.05) is 108 Å². The minimum Gasteiger partial charge on any atom is -0.456 e. The molecule has 0 N–H and O–H groups in total. The van der Waals surface area contributed by atoms with Gasteiger partial charge >= 0.3 is 0 Å². The summed E-state index contributed by atoms with van der Waals surface area (Å²) in [6.45, 7) is 13.3. The van der Waals surface area contributed by atoms with Crippen molar-refractivity contribution in [3.8, 4) is 44.8 Å². The highest BCUT2D eigenvalue weighted by molar-refractivity contribution is 6.15. The van der Waals surface area contributed by atoms with E-state index in [9.17, 15) is 0 Å². The first-order chi connectivity index (χ1) is 34.1. The van der Waals surface area contributed by atoms with E-state index >= 15 is 0 Å². The summed E-state index contributed by atoms with van der Waals surface area (Å²) in [5.41, 5.74) is 25.5. The summed E-state index contributed by atoms with van der Waals surface area (Å²) in [7, 11) is 0. The molecular weight excluding hydrogens is 853 g/mol. The number of furan rings is 2. The van der Waals surface area contributed by atoms with Gasteiger partial charge in [0, 0.05) is 54.5 Å². The predicted molar refractivity (Wildman–Crippen MR) is 294 cm³/mol. The topological polar surface area (TPSA) is 36.1 Å². The molecule has 0 fully saturated rings. The van der Waals surface area contributed by atoms with E-state index in [1.165, 1.54) is 77.2 Å². The smallest absolute Gasteiger partial charge is 0.135 e. The van der Waals surface area contributed by atoms with E-state index in [4.69, 9.17) is 8.83 Å².